The molecule has 240 valence electrons. The number of rotatable bonds is 3. The van der Waals surface area contributed by atoms with E-state index in [-0.39, 0.29) is 41.9 Å². The molecule has 2 bridgehead atoms. The van der Waals surface area contributed by atoms with E-state index in [0.717, 1.165) is 11.5 Å². The van der Waals surface area contributed by atoms with Crippen LogP contribution in [0.15, 0.2) is 17.4 Å². The van der Waals surface area contributed by atoms with Gasteiger partial charge in [-0.25, -0.2) is 19.9 Å². The molecule has 19 nitrogen and oxygen atoms in total. The highest BCUT2D eigenvalue weighted by Gasteiger charge is 2.73. The minimum Gasteiger partial charge on any atom is -0.388 e. The normalized spacial score (nSPS) is 38.4. The van der Waals surface area contributed by atoms with E-state index in [0.29, 0.717) is 22.5 Å². The second-order valence-corrected chi connectivity index (χ2v) is 14.1. The Labute approximate surface area is 257 Å². The van der Waals surface area contributed by atoms with Gasteiger partial charge in [-0.1, -0.05) is 0 Å². The van der Waals surface area contributed by atoms with Gasteiger partial charge in [0.25, 0.3) is 5.56 Å². The Morgan fingerprint density at radius 2 is 1.89 bits per heavy atom. The quantitative estimate of drug-likeness (QED) is 0.209. The molecule has 2 aliphatic heterocycles. The molecule has 6 N–H and O–H groups in total. The van der Waals surface area contributed by atoms with Crippen molar-refractivity contribution in [2.75, 3.05) is 31.8 Å². The lowest BCUT2D eigenvalue weighted by atomic mass is 10.0. The van der Waals surface area contributed by atoms with Crippen LogP contribution in [-0.4, -0.2) is 89.8 Å². The fraction of sp³-hybridized carbons (Fsp3) is 0.565. The summed E-state index contributed by atoms with van der Waals surface area (Å²) in [4.78, 5) is 32.0. The zero-order chi connectivity index (χ0) is 31.2. The first-order valence-corrected chi connectivity index (χ1v) is 17.1. The van der Waals surface area contributed by atoms with E-state index < -0.39 is 70.1 Å². The Balaban J connectivity index is 1.10. The van der Waals surface area contributed by atoms with Gasteiger partial charge in [0.1, 0.15) is 54.0 Å². The largest absolute Gasteiger partial charge is 0.388 e. The summed E-state index contributed by atoms with van der Waals surface area (Å²) >= 11 is 0.947. The number of ether oxygens (including phenoxy) is 2. The molecule has 0 spiro atoms. The van der Waals surface area contributed by atoms with E-state index in [4.69, 9.17) is 39.0 Å². The average molecular weight is 684 g/mol. The summed E-state index contributed by atoms with van der Waals surface area (Å²) in [5.41, 5.74) is 11.4. The Hall–Kier alpha value is -2.90. The number of imidazole rings is 1. The number of hydrogen-bond acceptors (Lipinski definition) is 18. The highest BCUT2D eigenvalue weighted by atomic mass is 32.1. The molecule has 8 rings (SSSR count). The van der Waals surface area contributed by atoms with Gasteiger partial charge in [-0.15, -0.1) is 0 Å². The third-order valence-electron chi connectivity index (χ3n) is 9.05. The van der Waals surface area contributed by atoms with Gasteiger partial charge in [-0.3, -0.25) is 18.9 Å². The predicted molar refractivity (Wildman–Crippen MR) is 156 cm³/mol. The molecular formula is C23H27N9O10P2S. The number of hydrogen-bond donors (Lipinski definition) is 4. The zero-order valence-electron chi connectivity index (χ0n) is 23.3. The lowest BCUT2D eigenvalue weighted by Gasteiger charge is -2.28. The van der Waals surface area contributed by atoms with Crippen LogP contribution in [-0.2, 0) is 42.2 Å². The number of H-pyrrole nitrogens is 1. The highest BCUT2D eigenvalue weighted by molar-refractivity contribution is 7.33. The highest BCUT2D eigenvalue weighted by Crippen LogP contribution is 2.66. The number of anilines is 2. The van der Waals surface area contributed by atoms with Crippen LogP contribution in [0.25, 0.3) is 22.2 Å². The minimum atomic E-state index is -3.23. The SMILES string of the molecule is CO[C@H]1[C@H]2O[PH](=O)OC[C@@H]3[C@@H](O[PH](=O)OC[C@H]1O[C@H]2c1snc2c(=O)[nH]c(N)nc12)[C@@H](O)C1(n2cnc4c(N)ncnc42)C[C@@H]31. The number of nitrogens with two attached hydrogens (primary N) is 2. The minimum absolute atomic E-state index is 0.0514. The second kappa shape index (κ2) is 10.8. The average Bonchev–Trinajstić information content (AvgIpc) is 3.30. The van der Waals surface area contributed by atoms with Crippen molar-refractivity contribution in [3.63, 3.8) is 0 Å². The molecule has 0 amide bonds. The van der Waals surface area contributed by atoms with E-state index in [1.54, 1.807) is 4.57 Å². The maximum Gasteiger partial charge on any atom is 0.319 e. The predicted octanol–water partition coefficient (Wildman–Crippen LogP) is 0.141. The molecule has 4 aromatic heterocycles. The molecule has 0 radical (unpaired) electrons. The van der Waals surface area contributed by atoms with Gasteiger partial charge in [0.2, 0.25) is 5.95 Å². The first kappa shape index (κ1) is 29.5. The van der Waals surface area contributed by atoms with E-state index in [1.165, 1.54) is 19.8 Å². The van der Waals surface area contributed by atoms with Crippen molar-refractivity contribution in [2.45, 2.75) is 48.6 Å². The maximum atomic E-state index is 13.4. The van der Waals surface area contributed by atoms with Crippen LogP contribution in [0, 0.1) is 11.8 Å². The number of aliphatic hydroxyl groups excluding tert-OH is 1. The van der Waals surface area contributed by atoms with Crippen molar-refractivity contribution in [1.82, 2.24) is 33.9 Å². The van der Waals surface area contributed by atoms with Gasteiger partial charge in [0.05, 0.1) is 30.0 Å². The summed E-state index contributed by atoms with van der Waals surface area (Å²) in [5.74, 6) is -0.706. The summed E-state index contributed by atoms with van der Waals surface area (Å²) in [6.45, 7) is -0.410. The number of aliphatic hydroxyl groups is 1. The molecule has 4 aliphatic rings. The first-order chi connectivity index (χ1) is 21.7. The van der Waals surface area contributed by atoms with Gasteiger partial charge in [-0.2, -0.15) is 4.37 Å². The summed E-state index contributed by atoms with van der Waals surface area (Å²) < 4.78 is 67.6. The third kappa shape index (κ3) is 4.51. The molecule has 2 saturated heterocycles. The van der Waals surface area contributed by atoms with Crippen LogP contribution in [0.3, 0.4) is 0 Å². The number of nitrogens with one attached hydrogen (secondary N) is 1. The number of nitrogens with zero attached hydrogens (tertiary/aromatic N) is 6. The molecule has 2 saturated carbocycles. The maximum absolute atomic E-state index is 13.4. The molecule has 45 heavy (non-hydrogen) atoms. The van der Waals surface area contributed by atoms with Gasteiger partial charge >= 0.3 is 16.5 Å². The summed E-state index contributed by atoms with van der Waals surface area (Å²) in [5, 5.41) is 11.6. The molecule has 11 atom stereocenters. The van der Waals surface area contributed by atoms with E-state index in [9.17, 15) is 19.0 Å². The van der Waals surface area contributed by atoms with Gasteiger partial charge in [0, 0.05) is 13.0 Å². The zero-order valence-corrected chi connectivity index (χ0v) is 26.1. The summed E-state index contributed by atoms with van der Waals surface area (Å²) in [7, 11) is -5.03. The van der Waals surface area contributed by atoms with Crippen molar-refractivity contribution in [1.29, 1.82) is 0 Å². The number of fused-ring (bicyclic) bond motifs is 7. The molecular weight excluding hydrogens is 656 g/mol. The Morgan fingerprint density at radius 3 is 2.69 bits per heavy atom. The molecule has 3 unspecified atom stereocenters. The number of nitrogen functional groups attached to an aromatic ring is 2. The van der Waals surface area contributed by atoms with E-state index in [2.05, 4.69) is 29.3 Å². The van der Waals surface area contributed by atoms with Crippen LogP contribution in [0.4, 0.5) is 11.8 Å². The van der Waals surface area contributed by atoms with Crippen LogP contribution < -0.4 is 17.0 Å². The van der Waals surface area contributed by atoms with Crippen molar-refractivity contribution >= 4 is 62.0 Å². The topological polar surface area (TPSA) is 264 Å². The monoisotopic (exact) mass is 683 g/mol. The fourth-order valence-electron chi connectivity index (χ4n) is 7.00. The molecule has 4 fully saturated rings. The molecule has 2 aliphatic carbocycles. The summed E-state index contributed by atoms with van der Waals surface area (Å²) in [6, 6.07) is 0. The van der Waals surface area contributed by atoms with Crippen molar-refractivity contribution in [2.24, 2.45) is 11.8 Å². The van der Waals surface area contributed by atoms with Crippen molar-refractivity contribution < 1.29 is 41.8 Å². The number of methoxy groups -OCH3 is 1. The van der Waals surface area contributed by atoms with Gasteiger partial charge < -0.3 is 48.7 Å². The van der Waals surface area contributed by atoms with Crippen LogP contribution in [0.1, 0.15) is 17.4 Å². The lowest BCUT2D eigenvalue weighted by molar-refractivity contribution is -0.0391. The van der Waals surface area contributed by atoms with Gasteiger partial charge in [0.15, 0.2) is 17.0 Å². The fourth-order valence-corrected chi connectivity index (χ4v) is 9.65. The smallest absolute Gasteiger partial charge is 0.319 e. The summed E-state index contributed by atoms with van der Waals surface area (Å²) in [6.07, 6.45) is -2.53. The standard InChI is InChI=1S/C23H27N9O10P2S/c1-37-14-9-4-39-44(36)41-13-7(8-2-23(8,18(13)33)32-6-28-12-19(24)26-5-27-20(12)32)3-38-43(35)42-15(14)16(40-9)17-10-11(31-45-17)21(34)30-22(25)29-10/h5-9,13-16,18,33,43-44H,2-4H2,1H3,(H2,24,26,27)(H3,25,29,30,34)/t7-,8-,9+,13+,14+,15+,16+,18+,23?/m0/s1. The van der Waals surface area contributed by atoms with Crippen molar-refractivity contribution in [3.05, 3.63) is 27.9 Å². The Kier molecular flexibility index (Phi) is 7.10. The molecule has 0 aromatic carbocycles. The molecule has 6 heterocycles. The lowest BCUT2D eigenvalue weighted by Crippen LogP contribution is -2.40. The van der Waals surface area contributed by atoms with Crippen LogP contribution >= 0.6 is 28.0 Å². The van der Waals surface area contributed by atoms with Crippen LogP contribution in [0.5, 0.6) is 0 Å². The van der Waals surface area contributed by atoms with E-state index in [1.807, 2.05) is 0 Å². The molecule has 22 heteroatoms. The van der Waals surface area contributed by atoms with Crippen LogP contribution in [0.2, 0.25) is 0 Å². The first-order valence-electron chi connectivity index (χ1n) is 13.8. The third-order valence-corrected chi connectivity index (χ3v) is 11.7. The van der Waals surface area contributed by atoms with Gasteiger partial charge in [-0.05, 0) is 23.9 Å². The van der Waals surface area contributed by atoms with Crippen molar-refractivity contribution in [3.8, 4) is 0 Å². The number of aromatic amines is 1. The Bertz CT molecular complexity index is 1920. The Morgan fingerprint density at radius 1 is 1.11 bits per heavy atom. The molecule has 4 aromatic rings. The van der Waals surface area contributed by atoms with E-state index >= 15 is 0 Å². The second-order valence-electron chi connectivity index (χ2n) is 11.2. The number of aromatic nitrogens is 7.